The topological polar surface area (TPSA) is 66.4 Å². The Balaban J connectivity index is 2.09. The minimum absolute atomic E-state index is 0.00902. The zero-order valence-electron chi connectivity index (χ0n) is 11.2. The van der Waals surface area contributed by atoms with Gasteiger partial charge in [-0.2, -0.15) is 0 Å². The molecule has 1 saturated carbocycles. The Morgan fingerprint density at radius 1 is 1.10 bits per heavy atom. The highest BCUT2D eigenvalue weighted by molar-refractivity contribution is 7.89. The van der Waals surface area contributed by atoms with Crippen LogP contribution in [0.1, 0.15) is 25.7 Å². The Bertz CT molecular complexity index is 590. The van der Waals surface area contributed by atoms with Gasteiger partial charge in [0.2, 0.25) is 10.0 Å². The van der Waals surface area contributed by atoms with Crippen molar-refractivity contribution in [3.05, 3.63) is 29.6 Å². The van der Waals surface area contributed by atoms with E-state index < -0.39 is 32.4 Å². The maximum atomic E-state index is 13.5. The van der Waals surface area contributed by atoms with Crippen molar-refractivity contribution < 1.29 is 26.7 Å². The second-order valence-electron chi connectivity index (χ2n) is 5.23. The van der Waals surface area contributed by atoms with Crippen molar-refractivity contribution in [2.45, 2.75) is 36.7 Å². The molecule has 0 heterocycles. The second kappa shape index (κ2) is 6.33. The molecule has 8 heteroatoms. The number of hydrogen-bond acceptors (Lipinski definition) is 3. The summed E-state index contributed by atoms with van der Waals surface area (Å²) >= 11 is 0. The first-order valence-corrected chi connectivity index (χ1v) is 8.10. The molecule has 1 aromatic rings. The van der Waals surface area contributed by atoms with Crippen LogP contribution in [0.3, 0.4) is 0 Å². The molecule has 0 bridgehead atoms. The average Bonchev–Trinajstić information content (AvgIpc) is 2.36. The number of aliphatic hydroxyl groups excluding tert-OH is 1. The van der Waals surface area contributed by atoms with Gasteiger partial charge in [0.15, 0.2) is 4.90 Å². The van der Waals surface area contributed by atoms with E-state index in [1.165, 1.54) is 0 Å². The second-order valence-corrected chi connectivity index (χ2v) is 6.93. The van der Waals surface area contributed by atoms with Crippen molar-refractivity contribution in [3.63, 3.8) is 0 Å². The lowest BCUT2D eigenvalue weighted by molar-refractivity contribution is 0.109. The SMILES string of the molecule is O=S(=O)(NCC1CCC(O)CC1)c1c(F)cc(F)cc1F. The summed E-state index contributed by atoms with van der Waals surface area (Å²) in [6.45, 7) is 0.0330. The first-order chi connectivity index (χ1) is 9.79. The van der Waals surface area contributed by atoms with Crippen LogP contribution in [0, 0.1) is 23.4 Å². The van der Waals surface area contributed by atoms with Gasteiger partial charge in [0.1, 0.15) is 17.5 Å². The summed E-state index contributed by atoms with van der Waals surface area (Å²) in [6.07, 6.45) is 2.05. The summed E-state index contributed by atoms with van der Waals surface area (Å²) in [5.74, 6) is -4.09. The first-order valence-electron chi connectivity index (χ1n) is 6.62. The minimum atomic E-state index is -4.38. The lowest BCUT2D eigenvalue weighted by atomic mass is 9.88. The first kappa shape index (κ1) is 16.3. The highest BCUT2D eigenvalue weighted by atomic mass is 32.2. The third-order valence-corrected chi connectivity index (χ3v) is 5.08. The van der Waals surface area contributed by atoms with Crippen molar-refractivity contribution in [1.82, 2.24) is 4.72 Å². The zero-order valence-corrected chi connectivity index (χ0v) is 12.0. The minimum Gasteiger partial charge on any atom is -0.393 e. The number of nitrogens with one attached hydrogen (secondary N) is 1. The third-order valence-electron chi connectivity index (χ3n) is 3.61. The molecule has 21 heavy (non-hydrogen) atoms. The van der Waals surface area contributed by atoms with Crippen molar-refractivity contribution in [3.8, 4) is 0 Å². The van der Waals surface area contributed by atoms with Crippen LogP contribution in [0.15, 0.2) is 17.0 Å². The van der Waals surface area contributed by atoms with E-state index in [1.54, 1.807) is 0 Å². The molecule has 1 fully saturated rings. The van der Waals surface area contributed by atoms with Crippen LogP contribution >= 0.6 is 0 Å². The highest BCUT2D eigenvalue weighted by Gasteiger charge is 2.27. The summed E-state index contributed by atoms with van der Waals surface area (Å²) in [7, 11) is -4.38. The normalized spacial score (nSPS) is 23.2. The maximum absolute atomic E-state index is 13.5. The summed E-state index contributed by atoms with van der Waals surface area (Å²) in [6, 6.07) is 0.656. The highest BCUT2D eigenvalue weighted by Crippen LogP contribution is 2.25. The van der Waals surface area contributed by atoms with Gasteiger partial charge >= 0.3 is 0 Å². The standard InChI is InChI=1S/C13H16F3NO3S/c14-9-5-11(15)13(12(16)6-9)21(19,20)17-7-8-1-3-10(18)4-2-8/h5-6,8,10,17-18H,1-4,7H2. The molecule has 0 spiro atoms. The van der Waals surface area contributed by atoms with Crippen LogP contribution in [0.25, 0.3) is 0 Å². The number of sulfonamides is 1. The van der Waals surface area contributed by atoms with E-state index in [1.807, 2.05) is 0 Å². The van der Waals surface area contributed by atoms with Crippen LogP contribution in [-0.2, 0) is 10.0 Å². The summed E-state index contributed by atoms with van der Waals surface area (Å²) in [5, 5.41) is 9.36. The Kier molecular flexibility index (Phi) is 4.90. The molecule has 4 nitrogen and oxygen atoms in total. The summed E-state index contributed by atoms with van der Waals surface area (Å²) in [4.78, 5) is -1.17. The molecule has 0 aliphatic heterocycles. The van der Waals surface area contributed by atoms with E-state index in [-0.39, 0.29) is 18.6 Å². The van der Waals surface area contributed by atoms with Gasteiger partial charge in [-0.15, -0.1) is 0 Å². The fourth-order valence-electron chi connectivity index (χ4n) is 2.43. The maximum Gasteiger partial charge on any atom is 0.246 e. The summed E-state index contributed by atoms with van der Waals surface area (Å²) < 4.78 is 65.8. The third kappa shape index (κ3) is 3.96. The van der Waals surface area contributed by atoms with Gasteiger partial charge < -0.3 is 5.11 Å². The fourth-order valence-corrected chi connectivity index (χ4v) is 3.67. The van der Waals surface area contributed by atoms with E-state index in [2.05, 4.69) is 4.72 Å². The van der Waals surface area contributed by atoms with Gasteiger partial charge in [-0.3, -0.25) is 0 Å². The Morgan fingerprint density at radius 2 is 1.62 bits per heavy atom. The van der Waals surface area contributed by atoms with Crippen molar-refractivity contribution >= 4 is 10.0 Å². The molecule has 0 aromatic heterocycles. The van der Waals surface area contributed by atoms with Gasteiger partial charge in [0, 0.05) is 18.7 Å². The smallest absolute Gasteiger partial charge is 0.246 e. The number of halogens is 3. The quantitative estimate of drug-likeness (QED) is 0.890. The fraction of sp³-hybridized carbons (Fsp3) is 0.538. The van der Waals surface area contributed by atoms with E-state index in [9.17, 15) is 26.7 Å². The van der Waals surface area contributed by atoms with Crippen molar-refractivity contribution in [1.29, 1.82) is 0 Å². The van der Waals surface area contributed by atoms with Crippen molar-refractivity contribution in [2.75, 3.05) is 6.54 Å². The molecular formula is C13H16F3NO3S. The molecule has 1 aromatic carbocycles. The van der Waals surface area contributed by atoms with Crippen molar-refractivity contribution in [2.24, 2.45) is 5.92 Å². The molecule has 0 atom stereocenters. The molecule has 1 aliphatic carbocycles. The molecule has 2 N–H and O–H groups in total. The molecule has 0 amide bonds. The van der Waals surface area contributed by atoms with E-state index in [4.69, 9.17) is 0 Å². The lowest BCUT2D eigenvalue weighted by Gasteiger charge is -2.25. The Labute approximate surface area is 121 Å². The molecule has 0 unspecified atom stereocenters. The number of benzene rings is 1. The molecular weight excluding hydrogens is 307 g/mol. The average molecular weight is 323 g/mol. The monoisotopic (exact) mass is 323 g/mol. The van der Waals surface area contributed by atoms with Gasteiger partial charge in [-0.1, -0.05) is 0 Å². The predicted molar refractivity (Wildman–Crippen MR) is 69.5 cm³/mol. The van der Waals surface area contributed by atoms with Gasteiger partial charge in [-0.25, -0.2) is 26.3 Å². The van der Waals surface area contributed by atoms with Gasteiger partial charge in [0.25, 0.3) is 0 Å². The largest absolute Gasteiger partial charge is 0.393 e. The molecule has 0 saturated heterocycles. The molecule has 2 rings (SSSR count). The molecule has 118 valence electrons. The van der Waals surface area contributed by atoms with Gasteiger partial charge in [-0.05, 0) is 31.6 Å². The Hall–Kier alpha value is -1.12. The molecule has 0 radical (unpaired) electrons. The Morgan fingerprint density at radius 3 is 2.14 bits per heavy atom. The number of hydrogen-bond donors (Lipinski definition) is 2. The lowest BCUT2D eigenvalue weighted by Crippen LogP contribution is -2.33. The van der Waals surface area contributed by atoms with Crippen LogP contribution in [-0.4, -0.2) is 26.2 Å². The van der Waals surface area contributed by atoms with Crippen LogP contribution in [0.5, 0.6) is 0 Å². The van der Waals surface area contributed by atoms with E-state index in [0.717, 1.165) is 0 Å². The molecule has 1 aliphatic rings. The van der Waals surface area contributed by atoms with E-state index in [0.29, 0.717) is 37.8 Å². The van der Waals surface area contributed by atoms with Crippen LogP contribution < -0.4 is 4.72 Å². The predicted octanol–water partition coefficient (Wildman–Crippen LogP) is 1.93. The van der Waals surface area contributed by atoms with Crippen LogP contribution in [0.4, 0.5) is 13.2 Å². The van der Waals surface area contributed by atoms with Gasteiger partial charge in [0.05, 0.1) is 6.10 Å². The number of rotatable bonds is 4. The summed E-state index contributed by atoms with van der Waals surface area (Å²) in [5.41, 5.74) is 0. The van der Waals surface area contributed by atoms with E-state index >= 15 is 0 Å². The number of aliphatic hydroxyl groups is 1. The zero-order chi connectivity index (χ0) is 15.6. The van der Waals surface area contributed by atoms with Crippen LogP contribution in [0.2, 0.25) is 0 Å².